The van der Waals surface area contributed by atoms with Gasteiger partial charge in [0.1, 0.15) is 5.75 Å². The predicted octanol–water partition coefficient (Wildman–Crippen LogP) is 2.67. The Morgan fingerprint density at radius 2 is 2.05 bits per heavy atom. The van der Waals surface area contributed by atoms with E-state index in [-0.39, 0.29) is 12.1 Å². The van der Waals surface area contributed by atoms with Crippen LogP contribution in [-0.4, -0.2) is 31.6 Å². The van der Waals surface area contributed by atoms with Crippen LogP contribution in [0.1, 0.15) is 31.9 Å². The van der Waals surface area contributed by atoms with Gasteiger partial charge in [-0.15, -0.1) is 0 Å². The minimum Gasteiger partial charge on any atom is -0.496 e. The number of methoxy groups -OCH3 is 1. The van der Waals surface area contributed by atoms with Crippen LogP contribution in [-0.2, 0) is 0 Å². The fourth-order valence-corrected chi connectivity index (χ4v) is 2.97. The smallest absolute Gasteiger partial charge is 0.123 e. The summed E-state index contributed by atoms with van der Waals surface area (Å²) in [6.07, 6.45) is 1.35. The Kier molecular flexibility index (Phi) is 4.48. The number of hydrogen-bond acceptors (Lipinski definition) is 3. The predicted molar refractivity (Wildman–Crippen MR) is 79.3 cm³/mol. The lowest BCUT2D eigenvalue weighted by Crippen LogP contribution is -2.38. The van der Waals surface area contributed by atoms with Crippen molar-refractivity contribution in [3.8, 4) is 5.75 Å². The van der Waals surface area contributed by atoms with Gasteiger partial charge in [-0.05, 0) is 38.3 Å². The first-order valence-corrected chi connectivity index (χ1v) is 7.13. The van der Waals surface area contributed by atoms with Crippen LogP contribution >= 0.6 is 0 Å². The van der Waals surface area contributed by atoms with Crippen LogP contribution in [0.3, 0.4) is 0 Å². The van der Waals surface area contributed by atoms with Gasteiger partial charge in [-0.2, -0.15) is 0 Å². The van der Waals surface area contributed by atoms with E-state index in [1.807, 2.05) is 12.1 Å². The number of ether oxygens (including phenoxy) is 1. The Labute approximate surface area is 116 Å². The van der Waals surface area contributed by atoms with E-state index in [4.69, 9.17) is 10.5 Å². The second-order valence-electron chi connectivity index (χ2n) is 5.96. The standard InChI is InChI=1S/C16H26N2O/c1-11-9-13(11)10-18(3)16(12(2)17)14-7-5-6-8-15(14)19-4/h5-8,11-13,16H,9-10,17H2,1-4H3. The molecule has 0 saturated heterocycles. The summed E-state index contributed by atoms with van der Waals surface area (Å²) in [7, 11) is 3.89. The van der Waals surface area contributed by atoms with Crippen molar-refractivity contribution in [1.29, 1.82) is 0 Å². The SMILES string of the molecule is COc1ccccc1C(C(C)N)N(C)CC1CC1C. The van der Waals surface area contributed by atoms with E-state index in [2.05, 4.69) is 37.9 Å². The van der Waals surface area contributed by atoms with Crippen LogP contribution in [0.15, 0.2) is 24.3 Å². The Hall–Kier alpha value is -1.06. The van der Waals surface area contributed by atoms with E-state index in [9.17, 15) is 0 Å². The number of hydrogen-bond donors (Lipinski definition) is 1. The molecule has 1 saturated carbocycles. The maximum atomic E-state index is 6.23. The maximum Gasteiger partial charge on any atom is 0.123 e. The van der Waals surface area contributed by atoms with Gasteiger partial charge in [0.05, 0.1) is 13.2 Å². The highest BCUT2D eigenvalue weighted by Crippen LogP contribution is 2.40. The molecule has 0 aliphatic heterocycles. The molecule has 4 unspecified atom stereocenters. The molecule has 3 nitrogen and oxygen atoms in total. The average Bonchev–Trinajstić information content (AvgIpc) is 3.05. The average molecular weight is 262 g/mol. The lowest BCUT2D eigenvalue weighted by Gasteiger charge is -2.32. The normalized spacial score (nSPS) is 25.2. The molecule has 1 aromatic carbocycles. The molecule has 3 heteroatoms. The molecular weight excluding hydrogens is 236 g/mol. The molecule has 19 heavy (non-hydrogen) atoms. The molecular formula is C16H26N2O. The lowest BCUT2D eigenvalue weighted by molar-refractivity contribution is 0.203. The van der Waals surface area contributed by atoms with Crippen molar-refractivity contribution in [3.05, 3.63) is 29.8 Å². The quantitative estimate of drug-likeness (QED) is 0.856. The topological polar surface area (TPSA) is 38.5 Å². The number of benzene rings is 1. The van der Waals surface area contributed by atoms with Gasteiger partial charge < -0.3 is 10.5 Å². The summed E-state index contributed by atoms with van der Waals surface area (Å²) in [6, 6.07) is 8.49. The van der Waals surface area contributed by atoms with Gasteiger partial charge in [-0.3, -0.25) is 4.90 Å². The number of para-hydroxylation sites is 1. The molecule has 0 radical (unpaired) electrons. The number of nitrogens with zero attached hydrogens (tertiary/aromatic N) is 1. The summed E-state index contributed by atoms with van der Waals surface area (Å²) >= 11 is 0. The highest BCUT2D eigenvalue weighted by Gasteiger charge is 2.35. The summed E-state index contributed by atoms with van der Waals surface area (Å²) in [5, 5.41) is 0. The van der Waals surface area contributed by atoms with E-state index in [0.29, 0.717) is 0 Å². The molecule has 1 aliphatic rings. The lowest BCUT2D eigenvalue weighted by atomic mass is 9.98. The van der Waals surface area contributed by atoms with Crippen molar-refractivity contribution in [2.75, 3.05) is 20.7 Å². The third-order valence-electron chi connectivity index (χ3n) is 4.23. The van der Waals surface area contributed by atoms with Gasteiger partial charge in [0.15, 0.2) is 0 Å². The minimum absolute atomic E-state index is 0.0790. The minimum atomic E-state index is 0.0790. The molecule has 1 aliphatic carbocycles. The molecule has 2 rings (SSSR count). The van der Waals surface area contributed by atoms with Crippen molar-refractivity contribution in [1.82, 2.24) is 4.90 Å². The summed E-state index contributed by atoms with van der Waals surface area (Å²) < 4.78 is 5.49. The number of rotatable bonds is 6. The van der Waals surface area contributed by atoms with Gasteiger partial charge in [0, 0.05) is 18.2 Å². The van der Waals surface area contributed by atoms with Crippen molar-refractivity contribution in [3.63, 3.8) is 0 Å². The molecule has 106 valence electrons. The van der Waals surface area contributed by atoms with Gasteiger partial charge in [-0.25, -0.2) is 0 Å². The molecule has 4 atom stereocenters. The Bertz CT molecular complexity index is 419. The van der Waals surface area contributed by atoms with Crippen LogP contribution in [0, 0.1) is 11.8 Å². The zero-order valence-corrected chi connectivity index (χ0v) is 12.5. The van der Waals surface area contributed by atoms with E-state index >= 15 is 0 Å². The van der Waals surface area contributed by atoms with Crippen LogP contribution in [0.2, 0.25) is 0 Å². The van der Waals surface area contributed by atoms with Gasteiger partial charge in [-0.1, -0.05) is 25.1 Å². The maximum absolute atomic E-state index is 6.23. The first-order valence-electron chi connectivity index (χ1n) is 7.13. The zero-order chi connectivity index (χ0) is 14.0. The van der Waals surface area contributed by atoms with Crippen LogP contribution in [0.25, 0.3) is 0 Å². The zero-order valence-electron chi connectivity index (χ0n) is 12.5. The number of likely N-dealkylation sites (N-methyl/N-ethyl adjacent to an activating group) is 1. The van der Waals surface area contributed by atoms with Gasteiger partial charge in [0.25, 0.3) is 0 Å². The fraction of sp³-hybridized carbons (Fsp3) is 0.625. The molecule has 0 amide bonds. The summed E-state index contributed by atoms with van der Waals surface area (Å²) in [5.41, 5.74) is 7.42. The third-order valence-corrected chi connectivity index (χ3v) is 4.23. The second kappa shape index (κ2) is 5.93. The van der Waals surface area contributed by atoms with Gasteiger partial charge in [0.2, 0.25) is 0 Å². The van der Waals surface area contributed by atoms with E-state index in [1.165, 1.54) is 12.0 Å². The van der Waals surface area contributed by atoms with Crippen molar-refractivity contribution in [2.45, 2.75) is 32.4 Å². The van der Waals surface area contributed by atoms with Crippen LogP contribution < -0.4 is 10.5 Å². The first-order chi connectivity index (χ1) is 9.04. The molecule has 1 fully saturated rings. The monoisotopic (exact) mass is 262 g/mol. The first kappa shape index (κ1) is 14.4. The van der Waals surface area contributed by atoms with E-state index in [0.717, 1.165) is 24.1 Å². The van der Waals surface area contributed by atoms with Crippen LogP contribution in [0.4, 0.5) is 0 Å². The molecule has 0 spiro atoms. The van der Waals surface area contributed by atoms with Crippen LogP contribution in [0.5, 0.6) is 5.75 Å². The Morgan fingerprint density at radius 1 is 1.42 bits per heavy atom. The van der Waals surface area contributed by atoms with E-state index < -0.39 is 0 Å². The third kappa shape index (κ3) is 3.28. The van der Waals surface area contributed by atoms with Crippen molar-refractivity contribution >= 4 is 0 Å². The summed E-state index contributed by atoms with van der Waals surface area (Å²) in [6.45, 7) is 5.51. The summed E-state index contributed by atoms with van der Waals surface area (Å²) in [5.74, 6) is 2.63. The van der Waals surface area contributed by atoms with Crippen molar-refractivity contribution in [2.24, 2.45) is 17.6 Å². The fourth-order valence-electron chi connectivity index (χ4n) is 2.97. The molecule has 1 aromatic rings. The van der Waals surface area contributed by atoms with E-state index in [1.54, 1.807) is 7.11 Å². The Balaban J connectivity index is 2.18. The van der Waals surface area contributed by atoms with Gasteiger partial charge >= 0.3 is 0 Å². The second-order valence-corrected chi connectivity index (χ2v) is 5.96. The summed E-state index contributed by atoms with van der Waals surface area (Å²) in [4.78, 5) is 2.39. The molecule has 0 bridgehead atoms. The number of nitrogens with two attached hydrogens (primary N) is 1. The Morgan fingerprint density at radius 3 is 2.58 bits per heavy atom. The molecule has 2 N–H and O–H groups in total. The highest BCUT2D eigenvalue weighted by molar-refractivity contribution is 5.36. The highest BCUT2D eigenvalue weighted by atomic mass is 16.5. The van der Waals surface area contributed by atoms with Crippen molar-refractivity contribution < 1.29 is 4.74 Å². The largest absolute Gasteiger partial charge is 0.496 e. The molecule has 0 heterocycles. The molecule has 0 aromatic heterocycles.